The smallest absolute Gasteiger partial charge is 0.233 e. The predicted octanol–water partition coefficient (Wildman–Crippen LogP) is 3.63. The number of nitrogens with one attached hydrogen (secondary N) is 1. The van der Waals surface area contributed by atoms with Crippen molar-refractivity contribution in [1.29, 1.82) is 0 Å². The van der Waals surface area contributed by atoms with Gasteiger partial charge in [0.1, 0.15) is 0 Å². The molecule has 0 bridgehead atoms. The van der Waals surface area contributed by atoms with Gasteiger partial charge in [0.15, 0.2) is 0 Å². The molecule has 0 aliphatic carbocycles. The highest BCUT2D eigenvalue weighted by Gasteiger charge is 2.19. The molecule has 2 rings (SSSR count). The number of hydrogen-bond donors (Lipinski definition) is 2. The molecular weight excluding hydrogens is 387 g/mol. The van der Waals surface area contributed by atoms with Crippen LogP contribution in [0.25, 0.3) is 0 Å². The van der Waals surface area contributed by atoms with Gasteiger partial charge in [0.2, 0.25) is 5.91 Å². The normalized spacial score (nSPS) is 11.9. The SMILES string of the molecule is NCC(C(=O)Nc1ccc(Cl)cc1I)c1ccccc1. The number of hydrogen-bond acceptors (Lipinski definition) is 2. The Bertz CT molecular complexity index is 604. The standard InChI is InChI=1S/C15H14ClIN2O/c16-11-6-7-14(13(17)8-11)19-15(20)12(9-18)10-4-2-1-3-5-10/h1-8,12H,9,18H2,(H,19,20). The highest BCUT2D eigenvalue weighted by Crippen LogP contribution is 2.24. The maximum atomic E-state index is 12.4. The first kappa shape index (κ1) is 15.3. The number of anilines is 1. The van der Waals surface area contributed by atoms with E-state index in [0.29, 0.717) is 5.02 Å². The minimum atomic E-state index is -0.359. The van der Waals surface area contributed by atoms with E-state index >= 15 is 0 Å². The molecule has 0 saturated heterocycles. The van der Waals surface area contributed by atoms with E-state index in [0.717, 1.165) is 14.8 Å². The van der Waals surface area contributed by atoms with Crippen molar-refractivity contribution >= 4 is 45.8 Å². The highest BCUT2D eigenvalue weighted by atomic mass is 127. The van der Waals surface area contributed by atoms with Gasteiger partial charge < -0.3 is 11.1 Å². The van der Waals surface area contributed by atoms with Crippen LogP contribution >= 0.6 is 34.2 Å². The molecule has 1 unspecified atom stereocenters. The molecule has 1 atom stereocenters. The molecule has 5 heteroatoms. The minimum absolute atomic E-state index is 0.112. The lowest BCUT2D eigenvalue weighted by Gasteiger charge is -2.16. The minimum Gasteiger partial charge on any atom is -0.329 e. The Morgan fingerprint density at radius 1 is 1.25 bits per heavy atom. The van der Waals surface area contributed by atoms with Crippen molar-refractivity contribution in [3.05, 3.63) is 62.7 Å². The van der Waals surface area contributed by atoms with Crippen LogP contribution in [0.3, 0.4) is 0 Å². The Morgan fingerprint density at radius 3 is 2.55 bits per heavy atom. The molecule has 3 nitrogen and oxygen atoms in total. The highest BCUT2D eigenvalue weighted by molar-refractivity contribution is 14.1. The van der Waals surface area contributed by atoms with Crippen molar-refractivity contribution in [2.75, 3.05) is 11.9 Å². The van der Waals surface area contributed by atoms with Crippen molar-refractivity contribution < 1.29 is 4.79 Å². The van der Waals surface area contributed by atoms with Crippen LogP contribution in [0.5, 0.6) is 0 Å². The van der Waals surface area contributed by atoms with Gasteiger partial charge in [-0.1, -0.05) is 41.9 Å². The number of nitrogens with two attached hydrogens (primary N) is 1. The Balaban J connectivity index is 2.18. The summed E-state index contributed by atoms with van der Waals surface area (Å²) < 4.78 is 0.896. The summed E-state index contributed by atoms with van der Waals surface area (Å²) >= 11 is 8.04. The Morgan fingerprint density at radius 2 is 1.95 bits per heavy atom. The quantitative estimate of drug-likeness (QED) is 0.770. The molecule has 0 aromatic heterocycles. The van der Waals surface area contributed by atoms with Crippen LogP contribution < -0.4 is 11.1 Å². The van der Waals surface area contributed by atoms with Crippen LogP contribution in [0, 0.1) is 3.57 Å². The molecule has 1 amide bonds. The van der Waals surface area contributed by atoms with Crippen LogP contribution in [0.1, 0.15) is 11.5 Å². The molecule has 3 N–H and O–H groups in total. The number of carbonyl (C=O) groups excluding carboxylic acids is 1. The first-order valence-electron chi connectivity index (χ1n) is 6.12. The first-order valence-corrected chi connectivity index (χ1v) is 7.58. The second-order valence-corrected chi connectivity index (χ2v) is 5.91. The zero-order valence-electron chi connectivity index (χ0n) is 10.6. The van der Waals surface area contributed by atoms with E-state index in [4.69, 9.17) is 17.3 Å². The summed E-state index contributed by atoms with van der Waals surface area (Å²) in [5.41, 5.74) is 7.40. The molecule has 2 aromatic carbocycles. The van der Waals surface area contributed by atoms with Crippen molar-refractivity contribution in [3.63, 3.8) is 0 Å². The molecule has 0 saturated carbocycles. The second-order valence-electron chi connectivity index (χ2n) is 4.31. The van der Waals surface area contributed by atoms with Crippen LogP contribution in [-0.2, 0) is 4.79 Å². The lowest BCUT2D eigenvalue weighted by atomic mass is 9.98. The molecule has 0 fully saturated rings. The summed E-state index contributed by atoms with van der Waals surface area (Å²) in [7, 11) is 0. The van der Waals surface area contributed by atoms with E-state index in [1.165, 1.54) is 0 Å². The molecule has 20 heavy (non-hydrogen) atoms. The first-order chi connectivity index (χ1) is 9.61. The average Bonchev–Trinajstić information content (AvgIpc) is 2.44. The van der Waals surface area contributed by atoms with E-state index in [-0.39, 0.29) is 18.4 Å². The zero-order chi connectivity index (χ0) is 14.5. The molecule has 2 aromatic rings. The predicted molar refractivity (Wildman–Crippen MR) is 91.0 cm³/mol. The maximum Gasteiger partial charge on any atom is 0.233 e. The van der Waals surface area contributed by atoms with E-state index in [1.807, 2.05) is 30.3 Å². The number of halogens is 2. The third-order valence-electron chi connectivity index (χ3n) is 2.94. The van der Waals surface area contributed by atoms with Gasteiger partial charge >= 0.3 is 0 Å². The van der Waals surface area contributed by atoms with E-state index in [2.05, 4.69) is 27.9 Å². The molecule has 0 aliphatic heterocycles. The van der Waals surface area contributed by atoms with Gasteiger partial charge in [-0.2, -0.15) is 0 Å². The molecule has 0 aliphatic rings. The van der Waals surface area contributed by atoms with Gasteiger partial charge in [-0.05, 0) is 46.4 Å². The van der Waals surface area contributed by atoms with Crippen LogP contribution in [0.15, 0.2) is 48.5 Å². The van der Waals surface area contributed by atoms with Gasteiger partial charge in [-0.15, -0.1) is 0 Å². The van der Waals surface area contributed by atoms with Crippen molar-refractivity contribution in [3.8, 4) is 0 Å². The molecule has 0 spiro atoms. The maximum absolute atomic E-state index is 12.4. The van der Waals surface area contributed by atoms with E-state index in [9.17, 15) is 4.79 Å². The fraction of sp³-hybridized carbons (Fsp3) is 0.133. The summed E-state index contributed by atoms with van der Waals surface area (Å²) in [5, 5.41) is 3.55. The molecular formula is C15H14ClIN2O. The van der Waals surface area contributed by atoms with E-state index < -0.39 is 0 Å². The van der Waals surface area contributed by atoms with Gasteiger partial charge in [0.05, 0.1) is 11.6 Å². The summed E-state index contributed by atoms with van der Waals surface area (Å²) in [6.45, 7) is 0.264. The summed E-state index contributed by atoms with van der Waals surface area (Å²) in [6, 6.07) is 14.9. The number of amides is 1. The Labute approximate surface area is 136 Å². The molecule has 104 valence electrons. The van der Waals surface area contributed by atoms with Gasteiger partial charge in [-0.25, -0.2) is 0 Å². The second kappa shape index (κ2) is 7.06. The van der Waals surface area contributed by atoms with Gasteiger partial charge in [-0.3, -0.25) is 4.79 Å². The average molecular weight is 401 g/mol. The third-order valence-corrected chi connectivity index (χ3v) is 4.07. The fourth-order valence-corrected chi connectivity index (χ4v) is 2.90. The third kappa shape index (κ3) is 3.71. The number of benzene rings is 2. The fourth-order valence-electron chi connectivity index (χ4n) is 1.89. The van der Waals surface area contributed by atoms with Crippen LogP contribution in [0.4, 0.5) is 5.69 Å². The summed E-state index contributed by atoms with van der Waals surface area (Å²) in [4.78, 5) is 12.4. The summed E-state index contributed by atoms with van der Waals surface area (Å²) in [5.74, 6) is -0.471. The van der Waals surface area contributed by atoms with Crippen molar-refractivity contribution in [1.82, 2.24) is 0 Å². The molecule has 0 radical (unpaired) electrons. The Kier molecular flexibility index (Phi) is 5.39. The monoisotopic (exact) mass is 400 g/mol. The van der Waals surface area contributed by atoms with Crippen LogP contribution in [-0.4, -0.2) is 12.5 Å². The van der Waals surface area contributed by atoms with Gasteiger partial charge in [0.25, 0.3) is 0 Å². The zero-order valence-corrected chi connectivity index (χ0v) is 13.6. The van der Waals surface area contributed by atoms with Crippen molar-refractivity contribution in [2.45, 2.75) is 5.92 Å². The largest absolute Gasteiger partial charge is 0.329 e. The van der Waals surface area contributed by atoms with Crippen molar-refractivity contribution in [2.24, 2.45) is 5.73 Å². The van der Waals surface area contributed by atoms with Gasteiger partial charge in [0, 0.05) is 15.1 Å². The number of carbonyl (C=O) groups is 1. The topological polar surface area (TPSA) is 55.1 Å². The lowest BCUT2D eigenvalue weighted by Crippen LogP contribution is -2.27. The van der Waals surface area contributed by atoms with E-state index in [1.54, 1.807) is 18.2 Å². The Hall–Kier alpha value is -1.11. The lowest BCUT2D eigenvalue weighted by molar-refractivity contribution is -0.117. The number of rotatable bonds is 4. The summed E-state index contributed by atoms with van der Waals surface area (Å²) in [6.07, 6.45) is 0. The van der Waals surface area contributed by atoms with Crippen LogP contribution in [0.2, 0.25) is 5.02 Å². The molecule has 0 heterocycles.